The summed E-state index contributed by atoms with van der Waals surface area (Å²) in [5.41, 5.74) is -0.373. The Labute approximate surface area is 182 Å². The number of nitro benzene ring substituents is 1. The minimum absolute atomic E-state index is 0.135. The summed E-state index contributed by atoms with van der Waals surface area (Å²) in [5.74, 6) is -2.34. The molecule has 0 fully saturated rings. The van der Waals surface area contributed by atoms with E-state index in [2.05, 4.69) is 5.32 Å². The molecule has 0 atom stereocenters. The van der Waals surface area contributed by atoms with Crippen LogP contribution < -0.4 is 5.32 Å². The number of hydrogen-bond donors (Lipinski definition) is 1. The molecule has 1 aliphatic heterocycles. The Balaban J connectivity index is 2.76. The number of benzene rings is 1. The van der Waals surface area contributed by atoms with Crippen LogP contribution >= 0.6 is 0 Å². The van der Waals surface area contributed by atoms with Crippen molar-refractivity contribution in [2.24, 2.45) is 0 Å². The zero-order valence-electron chi connectivity index (χ0n) is 19.3. The van der Waals surface area contributed by atoms with E-state index in [1.54, 1.807) is 67.5 Å². The van der Waals surface area contributed by atoms with Gasteiger partial charge in [0.05, 0.1) is 22.0 Å². The van der Waals surface area contributed by atoms with Crippen LogP contribution in [0.15, 0.2) is 46.8 Å². The van der Waals surface area contributed by atoms with Crippen LogP contribution in [0.25, 0.3) is 0 Å². The van der Waals surface area contributed by atoms with E-state index in [-0.39, 0.29) is 22.4 Å². The van der Waals surface area contributed by atoms with E-state index in [0.29, 0.717) is 11.4 Å². The van der Waals surface area contributed by atoms with Gasteiger partial charge in [-0.1, -0.05) is 18.2 Å². The van der Waals surface area contributed by atoms with Crippen molar-refractivity contribution in [1.29, 1.82) is 0 Å². The van der Waals surface area contributed by atoms with Crippen LogP contribution in [-0.4, -0.2) is 28.1 Å². The Bertz CT molecular complexity index is 927. The number of rotatable bonds is 4. The van der Waals surface area contributed by atoms with E-state index in [0.717, 1.165) is 0 Å². The quantitative estimate of drug-likeness (QED) is 0.425. The Morgan fingerprint density at radius 2 is 1.32 bits per heavy atom. The number of dihydropyridines is 1. The number of carbonyl (C=O) groups excluding carboxylic acids is 2. The second-order valence-corrected chi connectivity index (χ2v) is 9.46. The van der Waals surface area contributed by atoms with Crippen LogP contribution in [0.1, 0.15) is 66.9 Å². The summed E-state index contributed by atoms with van der Waals surface area (Å²) >= 11 is 0. The molecule has 0 amide bonds. The van der Waals surface area contributed by atoms with Crippen molar-refractivity contribution in [2.75, 3.05) is 0 Å². The summed E-state index contributed by atoms with van der Waals surface area (Å²) in [5, 5.41) is 14.8. The molecule has 1 heterocycles. The standard InChI is InChI=1S/C23H30N2O6/c1-13-17(20(26)30-22(3,4)5)19(15-11-9-10-12-16(15)25(28)29)18(14(2)24-13)21(27)31-23(6,7)8/h9-12,19,24H,1-8H3. The molecule has 0 saturated heterocycles. The van der Waals surface area contributed by atoms with E-state index in [1.165, 1.54) is 12.1 Å². The Morgan fingerprint density at radius 1 is 0.903 bits per heavy atom. The van der Waals surface area contributed by atoms with Crippen LogP contribution in [0.2, 0.25) is 0 Å². The molecule has 168 valence electrons. The Morgan fingerprint density at radius 3 is 1.71 bits per heavy atom. The van der Waals surface area contributed by atoms with Gasteiger partial charge in [0.25, 0.3) is 5.69 Å². The molecule has 31 heavy (non-hydrogen) atoms. The molecule has 8 nitrogen and oxygen atoms in total. The number of allylic oxidation sites excluding steroid dienone is 2. The van der Waals surface area contributed by atoms with E-state index in [9.17, 15) is 19.7 Å². The number of carbonyl (C=O) groups is 2. The molecule has 1 aliphatic rings. The molecule has 0 unspecified atom stereocenters. The molecule has 1 N–H and O–H groups in total. The van der Waals surface area contributed by atoms with Crippen LogP contribution in [0.4, 0.5) is 5.69 Å². The zero-order valence-corrected chi connectivity index (χ0v) is 19.3. The normalized spacial score (nSPS) is 15.5. The molecular formula is C23H30N2O6. The van der Waals surface area contributed by atoms with Gasteiger partial charge in [0.1, 0.15) is 11.2 Å². The fraction of sp³-hybridized carbons (Fsp3) is 0.478. The SMILES string of the molecule is CC1=C(C(=O)OC(C)(C)C)C(c2ccccc2[N+](=O)[O-])C(C(=O)OC(C)(C)C)=C(C)N1. The molecule has 0 aromatic heterocycles. The molecule has 1 aromatic rings. The predicted octanol–water partition coefficient (Wildman–Crippen LogP) is 4.51. The van der Waals surface area contributed by atoms with Crippen molar-refractivity contribution in [3.05, 3.63) is 62.5 Å². The van der Waals surface area contributed by atoms with E-state index < -0.39 is 34.0 Å². The molecule has 0 aliphatic carbocycles. The molecular weight excluding hydrogens is 400 g/mol. The third-order valence-electron chi connectivity index (χ3n) is 4.44. The molecule has 2 rings (SSSR count). The van der Waals surface area contributed by atoms with Gasteiger partial charge in [-0.05, 0) is 55.4 Å². The monoisotopic (exact) mass is 430 g/mol. The highest BCUT2D eigenvalue weighted by atomic mass is 16.6. The van der Waals surface area contributed by atoms with Gasteiger partial charge in [0.2, 0.25) is 0 Å². The maximum atomic E-state index is 13.2. The topological polar surface area (TPSA) is 108 Å². The minimum atomic E-state index is -1.02. The summed E-state index contributed by atoms with van der Waals surface area (Å²) in [6.07, 6.45) is 0. The van der Waals surface area contributed by atoms with Crippen LogP contribution in [0.3, 0.4) is 0 Å². The lowest BCUT2D eigenvalue weighted by Crippen LogP contribution is -2.36. The molecule has 0 radical (unpaired) electrons. The summed E-state index contributed by atoms with van der Waals surface area (Å²) in [6.45, 7) is 13.7. The second-order valence-electron chi connectivity index (χ2n) is 9.46. The Kier molecular flexibility index (Phi) is 6.63. The van der Waals surface area contributed by atoms with Crippen LogP contribution in [0, 0.1) is 10.1 Å². The number of nitro groups is 1. The van der Waals surface area contributed by atoms with Crippen LogP contribution in [0.5, 0.6) is 0 Å². The highest BCUT2D eigenvalue weighted by Crippen LogP contribution is 2.43. The first-order chi connectivity index (χ1) is 14.1. The van der Waals surface area contributed by atoms with Crippen molar-refractivity contribution in [3.8, 4) is 0 Å². The third kappa shape index (κ3) is 5.71. The molecule has 0 saturated carbocycles. The van der Waals surface area contributed by atoms with Gasteiger partial charge in [-0.15, -0.1) is 0 Å². The number of para-hydroxylation sites is 1. The highest BCUT2D eigenvalue weighted by molar-refractivity contribution is 6.00. The summed E-state index contributed by atoms with van der Waals surface area (Å²) in [7, 11) is 0. The molecule has 1 aromatic carbocycles. The zero-order chi connectivity index (χ0) is 23.7. The fourth-order valence-electron chi connectivity index (χ4n) is 3.41. The Hall–Kier alpha value is -3.16. The summed E-state index contributed by atoms with van der Waals surface area (Å²) < 4.78 is 11.2. The maximum absolute atomic E-state index is 13.2. The lowest BCUT2D eigenvalue weighted by molar-refractivity contribution is -0.385. The van der Waals surface area contributed by atoms with Gasteiger partial charge in [-0.25, -0.2) is 9.59 Å². The fourth-order valence-corrected chi connectivity index (χ4v) is 3.41. The van der Waals surface area contributed by atoms with Crippen molar-refractivity contribution in [2.45, 2.75) is 72.5 Å². The average Bonchev–Trinajstić information content (AvgIpc) is 2.57. The maximum Gasteiger partial charge on any atom is 0.337 e. The summed E-state index contributed by atoms with van der Waals surface area (Å²) in [4.78, 5) is 37.6. The van der Waals surface area contributed by atoms with Gasteiger partial charge in [-0.3, -0.25) is 10.1 Å². The van der Waals surface area contributed by atoms with Crippen molar-refractivity contribution < 1.29 is 24.0 Å². The van der Waals surface area contributed by atoms with Gasteiger partial charge in [0.15, 0.2) is 0 Å². The van der Waals surface area contributed by atoms with Gasteiger partial charge >= 0.3 is 11.9 Å². The molecule has 8 heteroatoms. The number of hydrogen-bond acceptors (Lipinski definition) is 7. The van der Waals surface area contributed by atoms with Gasteiger partial charge < -0.3 is 14.8 Å². The first kappa shape index (κ1) is 24.1. The highest BCUT2D eigenvalue weighted by Gasteiger charge is 2.42. The molecule has 0 bridgehead atoms. The number of nitrogens with one attached hydrogen (secondary N) is 1. The third-order valence-corrected chi connectivity index (χ3v) is 4.44. The largest absolute Gasteiger partial charge is 0.457 e. The second kappa shape index (κ2) is 8.53. The van der Waals surface area contributed by atoms with E-state index in [1.807, 2.05) is 0 Å². The molecule has 0 spiro atoms. The number of nitrogens with zero attached hydrogens (tertiary/aromatic N) is 1. The first-order valence-electron chi connectivity index (χ1n) is 10.0. The average molecular weight is 431 g/mol. The predicted molar refractivity (Wildman–Crippen MR) is 116 cm³/mol. The van der Waals surface area contributed by atoms with Crippen molar-refractivity contribution >= 4 is 17.6 Å². The van der Waals surface area contributed by atoms with Crippen LogP contribution in [-0.2, 0) is 19.1 Å². The van der Waals surface area contributed by atoms with E-state index >= 15 is 0 Å². The lowest BCUT2D eigenvalue weighted by Gasteiger charge is -2.33. The first-order valence-corrected chi connectivity index (χ1v) is 10.0. The summed E-state index contributed by atoms with van der Waals surface area (Å²) in [6, 6.07) is 6.06. The smallest absolute Gasteiger partial charge is 0.337 e. The van der Waals surface area contributed by atoms with E-state index in [4.69, 9.17) is 9.47 Å². The lowest BCUT2D eigenvalue weighted by atomic mass is 9.79. The van der Waals surface area contributed by atoms with Gasteiger partial charge in [0, 0.05) is 23.0 Å². The van der Waals surface area contributed by atoms with Crippen molar-refractivity contribution in [3.63, 3.8) is 0 Å². The van der Waals surface area contributed by atoms with Crippen molar-refractivity contribution in [1.82, 2.24) is 5.32 Å². The number of ether oxygens (including phenoxy) is 2. The minimum Gasteiger partial charge on any atom is -0.457 e. The van der Waals surface area contributed by atoms with Gasteiger partial charge in [-0.2, -0.15) is 0 Å². The number of esters is 2.